The number of nitrogens with zero attached hydrogens (tertiary/aromatic N) is 4. The van der Waals surface area contributed by atoms with E-state index in [4.69, 9.17) is 18.3 Å². The molecule has 0 saturated heterocycles. The Hall–Kier alpha value is -3.68. The molecule has 26 heavy (non-hydrogen) atoms. The van der Waals surface area contributed by atoms with Gasteiger partial charge in [0.15, 0.2) is 6.61 Å². The molecule has 0 atom stereocenters. The van der Waals surface area contributed by atoms with Crippen LogP contribution in [0.5, 0.6) is 11.5 Å². The van der Waals surface area contributed by atoms with Gasteiger partial charge < -0.3 is 18.3 Å². The summed E-state index contributed by atoms with van der Waals surface area (Å²) in [5.74, 6) is 2.70. The van der Waals surface area contributed by atoms with Gasteiger partial charge in [0.1, 0.15) is 11.5 Å². The van der Waals surface area contributed by atoms with E-state index in [1.165, 1.54) is 6.39 Å². The summed E-state index contributed by atoms with van der Waals surface area (Å²) >= 11 is 0. The van der Waals surface area contributed by atoms with E-state index in [-0.39, 0.29) is 6.61 Å². The van der Waals surface area contributed by atoms with Crippen LogP contribution in [-0.4, -0.2) is 27.5 Å². The van der Waals surface area contributed by atoms with Crippen LogP contribution >= 0.6 is 0 Å². The van der Waals surface area contributed by atoms with Crippen molar-refractivity contribution in [2.45, 2.75) is 6.61 Å². The average molecular weight is 350 g/mol. The summed E-state index contributed by atoms with van der Waals surface area (Å²) in [4.78, 5) is 0. The minimum atomic E-state index is 0.170. The molecule has 0 bridgehead atoms. The summed E-state index contributed by atoms with van der Waals surface area (Å²) in [7, 11) is 1.62. The number of ether oxygens (including phenoxy) is 2. The third-order valence-electron chi connectivity index (χ3n) is 3.63. The molecule has 130 valence electrons. The predicted octanol–water partition coefficient (Wildman–Crippen LogP) is 3.37. The molecular weight excluding hydrogens is 336 g/mol. The Morgan fingerprint density at radius 3 is 2.15 bits per heavy atom. The third-order valence-corrected chi connectivity index (χ3v) is 3.63. The third kappa shape index (κ3) is 3.39. The van der Waals surface area contributed by atoms with Gasteiger partial charge in [-0.2, -0.15) is 0 Å². The lowest BCUT2D eigenvalue weighted by molar-refractivity contribution is 0.264. The molecule has 0 aliphatic carbocycles. The highest BCUT2D eigenvalue weighted by molar-refractivity contribution is 5.54. The van der Waals surface area contributed by atoms with Crippen LogP contribution in [0, 0.1) is 0 Å². The number of hydrogen-bond donors (Lipinski definition) is 0. The van der Waals surface area contributed by atoms with Gasteiger partial charge in [0.05, 0.1) is 7.11 Å². The maximum absolute atomic E-state index is 5.67. The quantitative estimate of drug-likeness (QED) is 0.522. The van der Waals surface area contributed by atoms with E-state index < -0.39 is 0 Å². The van der Waals surface area contributed by atoms with E-state index in [9.17, 15) is 0 Å². The van der Waals surface area contributed by atoms with Gasteiger partial charge in [-0.05, 0) is 48.5 Å². The van der Waals surface area contributed by atoms with E-state index in [0.29, 0.717) is 23.4 Å². The molecule has 0 amide bonds. The number of hydrogen-bond acceptors (Lipinski definition) is 8. The van der Waals surface area contributed by atoms with Gasteiger partial charge in [-0.15, -0.1) is 20.4 Å². The van der Waals surface area contributed by atoms with Crippen molar-refractivity contribution >= 4 is 0 Å². The van der Waals surface area contributed by atoms with Crippen molar-refractivity contribution in [3.63, 3.8) is 0 Å². The standard InChI is InChI=1S/C18H14N4O4/c1-23-14-6-2-13(3-7-14)18-22-20-16(26-18)10-24-15-8-4-12(5-9-15)17-21-19-11-25-17/h2-9,11H,10H2,1H3. The summed E-state index contributed by atoms with van der Waals surface area (Å²) < 4.78 is 21.6. The topological polar surface area (TPSA) is 96.3 Å². The van der Waals surface area contributed by atoms with Crippen molar-refractivity contribution < 1.29 is 18.3 Å². The van der Waals surface area contributed by atoms with Crippen LogP contribution in [-0.2, 0) is 6.61 Å². The van der Waals surface area contributed by atoms with Crippen molar-refractivity contribution in [3.05, 3.63) is 60.8 Å². The summed E-state index contributed by atoms with van der Waals surface area (Å²) in [6, 6.07) is 14.7. The van der Waals surface area contributed by atoms with E-state index in [1.807, 2.05) is 36.4 Å². The molecule has 8 nitrogen and oxygen atoms in total. The van der Waals surface area contributed by atoms with E-state index in [2.05, 4.69) is 20.4 Å². The largest absolute Gasteiger partial charge is 0.497 e. The molecule has 8 heteroatoms. The summed E-state index contributed by atoms with van der Waals surface area (Å²) in [5.41, 5.74) is 1.63. The van der Waals surface area contributed by atoms with Gasteiger partial charge in [-0.3, -0.25) is 0 Å². The molecule has 0 N–H and O–H groups in total. The van der Waals surface area contributed by atoms with Crippen LogP contribution in [0.25, 0.3) is 22.9 Å². The summed E-state index contributed by atoms with van der Waals surface area (Å²) in [5, 5.41) is 15.5. The molecule has 0 aliphatic heterocycles. The van der Waals surface area contributed by atoms with Crippen molar-refractivity contribution in [1.29, 1.82) is 0 Å². The van der Waals surface area contributed by atoms with Crippen molar-refractivity contribution in [2.24, 2.45) is 0 Å². The van der Waals surface area contributed by atoms with Gasteiger partial charge in [-0.25, -0.2) is 0 Å². The zero-order valence-corrected chi connectivity index (χ0v) is 13.8. The Morgan fingerprint density at radius 1 is 0.808 bits per heavy atom. The van der Waals surface area contributed by atoms with E-state index in [0.717, 1.165) is 16.9 Å². The molecule has 2 aromatic carbocycles. The zero-order valence-electron chi connectivity index (χ0n) is 13.8. The van der Waals surface area contributed by atoms with E-state index >= 15 is 0 Å². The lowest BCUT2D eigenvalue weighted by Gasteiger charge is -2.03. The maximum atomic E-state index is 5.67. The van der Waals surface area contributed by atoms with Crippen LogP contribution in [0.3, 0.4) is 0 Å². The van der Waals surface area contributed by atoms with Gasteiger partial charge in [-0.1, -0.05) is 0 Å². The maximum Gasteiger partial charge on any atom is 0.254 e. The minimum absolute atomic E-state index is 0.170. The fraction of sp³-hybridized carbons (Fsp3) is 0.111. The number of aromatic nitrogens is 4. The van der Waals surface area contributed by atoms with Crippen LogP contribution in [0.1, 0.15) is 5.89 Å². The van der Waals surface area contributed by atoms with Crippen LogP contribution in [0.4, 0.5) is 0 Å². The number of benzene rings is 2. The Kier molecular flexibility index (Phi) is 4.29. The summed E-state index contributed by atoms with van der Waals surface area (Å²) in [6.45, 7) is 0.170. The molecule has 2 aromatic heterocycles. The van der Waals surface area contributed by atoms with Crippen LogP contribution in [0.2, 0.25) is 0 Å². The number of methoxy groups -OCH3 is 1. The Morgan fingerprint density at radius 2 is 1.50 bits per heavy atom. The molecule has 0 saturated carbocycles. The number of rotatable bonds is 6. The second-order valence-electron chi connectivity index (χ2n) is 5.29. The van der Waals surface area contributed by atoms with Gasteiger partial charge >= 0.3 is 0 Å². The Bertz CT molecular complexity index is 963. The normalized spacial score (nSPS) is 10.7. The fourth-order valence-electron chi connectivity index (χ4n) is 2.30. The highest BCUT2D eigenvalue weighted by Crippen LogP contribution is 2.23. The Balaban J connectivity index is 1.39. The lowest BCUT2D eigenvalue weighted by Crippen LogP contribution is -1.95. The highest BCUT2D eigenvalue weighted by Gasteiger charge is 2.10. The second-order valence-corrected chi connectivity index (χ2v) is 5.29. The SMILES string of the molecule is COc1ccc(-c2nnc(COc3ccc(-c4nnco4)cc3)o2)cc1. The first-order valence-corrected chi connectivity index (χ1v) is 7.78. The molecule has 4 rings (SSSR count). The van der Waals surface area contributed by atoms with Crippen molar-refractivity contribution in [2.75, 3.05) is 7.11 Å². The minimum Gasteiger partial charge on any atom is -0.497 e. The molecule has 2 heterocycles. The molecule has 0 fully saturated rings. The van der Waals surface area contributed by atoms with Crippen LogP contribution < -0.4 is 9.47 Å². The zero-order chi connectivity index (χ0) is 17.8. The average Bonchev–Trinajstić information content (AvgIpc) is 3.39. The van der Waals surface area contributed by atoms with Crippen molar-refractivity contribution in [1.82, 2.24) is 20.4 Å². The monoisotopic (exact) mass is 350 g/mol. The lowest BCUT2D eigenvalue weighted by atomic mass is 10.2. The Labute approximate surface area is 148 Å². The smallest absolute Gasteiger partial charge is 0.254 e. The van der Waals surface area contributed by atoms with Gasteiger partial charge in [0, 0.05) is 11.1 Å². The molecule has 0 unspecified atom stereocenters. The molecular formula is C18H14N4O4. The summed E-state index contributed by atoms with van der Waals surface area (Å²) in [6.07, 6.45) is 1.29. The molecule has 0 aliphatic rings. The second kappa shape index (κ2) is 7.06. The van der Waals surface area contributed by atoms with Crippen molar-refractivity contribution in [3.8, 4) is 34.4 Å². The predicted molar refractivity (Wildman–Crippen MR) is 90.4 cm³/mol. The highest BCUT2D eigenvalue weighted by atomic mass is 16.5. The van der Waals surface area contributed by atoms with Gasteiger partial charge in [0.2, 0.25) is 18.2 Å². The molecule has 0 spiro atoms. The molecule has 0 radical (unpaired) electrons. The molecule has 4 aromatic rings. The van der Waals surface area contributed by atoms with E-state index in [1.54, 1.807) is 19.2 Å². The van der Waals surface area contributed by atoms with Crippen LogP contribution in [0.15, 0.2) is 63.8 Å². The first kappa shape index (κ1) is 15.8. The first-order chi connectivity index (χ1) is 12.8. The fourth-order valence-corrected chi connectivity index (χ4v) is 2.30. The van der Waals surface area contributed by atoms with Gasteiger partial charge in [0.25, 0.3) is 5.89 Å². The first-order valence-electron chi connectivity index (χ1n) is 7.78.